The van der Waals surface area contributed by atoms with Crippen LogP contribution in [0.5, 0.6) is 0 Å². The molecule has 0 spiro atoms. The Bertz CT molecular complexity index is 255. The van der Waals surface area contributed by atoms with Gasteiger partial charge in [-0.1, -0.05) is 5.92 Å². The van der Waals surface area contributed by atoms with Crippen LogP contribution < -0.4 is 5.32 Å². The summed E-state index contributed by atoms with van der Waals surface area (Å²) in [5.74, 6) is 3.19. The highest BCUT2D eigenvalue weighted by atomic mass is 16.2. The third-order valence-electron chi connectivity index (χ3n) is 3.21. The van der Waals surface area contributed by atoms with E-state index in [1.54, 1.807) is 0 Å². The van der Waals surface area contributed by atoms with Crippen LogP contribution in [-0.4, -0.2) is 36.5 Å². The Morgan fingerprint density at radius 2 is 2.43 bits per heavy atom. The van der Waals surface area contributed by atoms with Crippen LogP contribution in [0.25, 0.3) is 0 Å². The molecule has 76 valence electrons. The summed E-state index contributed by atoms with van der Waals surface area (Å²) in [4.78, 5) is 13.5. The fourth-order valence-corrected chi connectivity index (χ4v) is 2.45. The number of hydrogen-bond donors (Lipinski definition) is 1. The highest BCUT2D eigenvalue weighted by Crippen LogP contribution is 2.24. The molecule has 0 saturated carbocycles. The second kappa shape index (κ2) is 4.02. The lowest BCUT2D eigenvalue weighted by molar-refractivity contribution is -0.129. The van der Waals surface area contributed by atoms with Crippen LogP contribution in [0.15, 0.2) is 0 Å². The fraction of sp³-hybridized carbons (Fsp3) is 0.727. The molecule has 0 aromatic carbocycles. The lowest BCUT2D eigenvalue weighted by Gasteiger charge is -2.24. The highest BCUT2D eigenvalue weighted by molar-refractivity contribution is 5.78. The van der Waals surface area contributed by atoms with E-state index >= 15 is 0 Å². The van der Waals surface area contributed by atoms with Crippen LogP contribution in [-0.2, 0) is 4.79 Å². The molecule has 2 saturated heterocycles. The van der Waals surface area contributed by atoms with E-state index in [4.69, 9.17) is 6.42 Å². The predicted molar refractivity (Wildman–Crippen MR) is 54.5 cm³/mol. The van der Waals surface area contributed by atoms with Crippen molar-refractivity contribution in [3.8, 4) is 12.3 Å². The highest BCUT2D eigenvalue weighted by Gasteiger charge is 2.35. The van der Waals surface area contributed by atoms with E-state index < -0.39 is 0 Å². The predicted octanol–water partition coefficient (Wildman–Crippen LogP) is 0.220. The first-order chi connectivity index (χ1) is 6.81. The van der Waals surface area contributed by atoms with Crippen molar-refractivity contribution < 1.29 is 4.79 Å². The molecule has 2 aliphatic rings. The average Bonchev–Trinajstić information content (AvgIpc) is 2.61. The minimum Gasteiger partial charge on any atom is -0.340 e. The molecule has 0 aromatic rings. The Kier molecular flexibility index (Phi) is 2.74. The zero-order chi connectivity index (χ0) is 9.97. The van der Waals surface area contributed by atoms with Crippen molar-refractivity contribution in [2.24, 2.45) is 5.92 Å². The van der Waals surface area contributed by atoms with E-state index in [0.717, 1.165) is 19.6 Å². The van der Waals surface area contributed by atoms with Gasteiger partial charge in [-0.3, -0.25) is 4.79 Å². The maximum atomic E-state index is 11.5. The number of likely N-dealkylation sites (tertiary alicyclic amines) is 1. The molecule has 2 aliphatic heterocycles. The first-order valence-electron chi connectivity index (χ1n) is 5.26. The monoisotopic (exact) mass is 192 g/mol. The van der Waals surface area contributed by atoms with Gasteiger partial charge >= 0.3 is 0 Å². The minimum atomic E-state index is 0.115. The SMILES string of the molecule is C#CCC(=O)N1CC2CCCNC2C1. The Balaban J connectivity index is 1.93. The molecule has 3 heteroatoms. The van der Waals surface area contributed by atoms with Crippen LogP contribution >= 0.6 is 0 Å². The molecule has 0 aliphatic carbocycles. The molecule has 1 N–H and O–H groups in total. The molecular formula is C11H16N2O. The topological polar surface area (TPSA) is 32.3 Å². The van der Waals surface area contributed by atoms with Gasteiger partial charge in [-0.05, 0) is 25.3 Å². The fourth-order valence-electron chi connectivity index (χ4n) is 2.45. The van der Waals surface area contributed by atoms with Crippen LogP contribution in [0.2, 0.25) is 0 Å². The second-order valence-corrected chi connectivity index (χ2v) is 4.14. The van der Waals surface area contributed by atoms with E-state index in [9.17, 15) is 4.79 Å². The molecule has 0 bridgehead atoms. The summed E-state index contributed by atoms with van der Waals surface area (Å²) < 4.78 is 0. The van der Waals surface area contributed by atoms with Gasteiger partial charge in [0.15, 0.2) is 0 Å². The first-order valence-corrected chi connectivity index (χ1v) is 5.26. The molecule has 2 unspecified atom stereocenters. The third kappa shape index (κ3) is 1.76. The molecule has 0 radical (unpaired) electrons. The number of fused-ring (bicyclic) bond motifs is 1. The lowest BCUT2D eigenvalue weighted by Crippen LogP contribution is -2.41. The van der Waals surface area contributed by atoms with Gasteiger partial charge in [-0.2, -0.15) is 0 Å². The van der Waals surface area contributed by atoms with Gasteiger partial charge in [0.1, 0.15) is 0 Å². The van der Waals surface area contributed by atoms with Gasteiger partial charge < -0.3 is 10.2 Å². The molecule has 1 amide bonds. The quantitative estimate of drug-likeness (QED) is 0.603. The van der Waals surface area contributed by atoms with Crippen molar-refractivity contribution in [3.63, 3.8) is 0 Å². The van der Waals surface area contributed by atoms with Gasteiger partial charge in [0.2, 0.25) is 5.91 Å². The summed E-state index contributed by atoms with van der Waals surface area (Å²) in [6.45, 7) is 2.85. The zero-order valence-corrected chi connectivity index (χ0v) is 8.33. The molecular weight excluding hydrogens is 176 g/mol. The standard InChI is InChI=1S/C11H16N2O/c1-2-4-11(14)13-7-9-5-3-6-12-10(9)8-13/h1,9-10,12H,3-8H2. The van der Waals surface area contributed by atoms with Crippen LogP contribution in [0.1, 0.15) is 19.3 Å². The second-order valence-electron chi connectivity index (χ2n) is 4.14. The zero-order valence-electron chi connectivity index (χ0n) is 8.33. The van der Waals surface area contributed by atoms with Gasteiger partial charge in [-0.25, -0.2) is 0 Å². The normalized spacial score (nSPS) is 30.9. The van der Waals surface area contributed by atoms with Crippen LogP contribution in [0.4, 0.5) is 0 Å². The number of carbonyl (C=O) groups excluding carboxylic acids is 1. The van der Waals surface area contributed by atoms with E-state index in [2.05, 4.69) is 11.2 Å². The van der Waals surface area contributed by atoms with Gasteiger partial charge in [0.25, 0.3) is 0 Å². The number of nitrogens with zero attached hydrogens (tertiary/aromatic N) is 1. The Morgan fingerprint density at radius 1 is 1.57 bits per heavy atom. The molecule has 14 heavy (non-hydrogen) atoms. The van der Waals surface area contributed by atoms with E-state index in [-0.39, 0.29) is 12.3 Å². The number of nitrogens with one attached hydrogen (secondary N) is 1. The summed E-state index contributed by atoms with van der Waals surface area (Å²) >= 11 is 0. The van der Waals surface area contributed by atoms with Gasteiger partial charge in [0, 0.05) is 19.1 Å². The Hall–Kier alpha value is -1.01. The number of terminal acetylenes is 1. The summed E-state index contributed by atoms with van der Waals surface area (Å²) in [5.41, 5.74) is 0. The summed E-state index contributed by atoms with van der Waals surface area (Å²) in [6, 6.07) is 0.519. The minimum absolute atomic E-state index is 0.115. The largest absolute Gasteiger partial charge is 0.340 e. The maximum absolute atomic E-state index is 11.5. The third-order valence-corrected chi connectivity index (χ3v) is 3.21. The maximum Gasteiger partial charge on any atom is 0.234 e. The smallest absolute Gasteiger partial charge is 0.234 e. The summed E-state index contributed by atoms with van der Waals surface area (Å²) in [5, 5.41) is 3.46. The Morgan fingerprint density at radius 3 is 3.14 bits per heavy atom. The number of carbonyl (C=O) groups is 1. The van der Waals surface area contributed by atoms with Crippen molar-refractivity contribution in [3.05, 3.63) is 0 Å². The summed E-state index contributed by atoms with van der Waals surface area (Å²) in [7, 11) is 0. The van der Waals surface area contributed by atoms with E-state index in [0.29, 0.717) is 12.0 Å². The van der Waals surface area contributed by atoms with E-state index in [1.165, 1.54) is 12.8 Å². The number of amides is 1. The molecule has 3 nitrogen and oxygen atoms in total. The van der Waals surface area contributed by atoms with E-state index in [1.807, 2.05) is 4.90 Å². The molecule has 2 rings (SSSR count). The van der Waals surface area contributed by atoms with Crippen molar-refractivity contribution in [2.75, 3.05) is 19.6 Å². The van der Waals surface area contributed by atoms with Gasteiger partial charge in [-0.15, -0.1) is 6.42 Å². The number of piperidine rings is 1. The Labute approximate surface area is 84.8 Å². The summed E-state index contributed by atoms with van der Waals surface area (Å²) in [6.07, 6.45) is 7.86. The van der Waals surface area contributed by atoms with Crippen molar-refractivity contribution in [1.29, 1.82) is 0 Å². The number of hydrogen-bond acceptors (Lipinski definition) is 2. The lowest BCUT2D eigenvalue weighted by atomic mass is 9.94. The van der Waals surface area contributed by atoms with Crippen molar-refractivity contribution >= 4 is 5.91 Å². The molecule has 2 atom stereocenters. The van der Waals surface area contributed by atoms with Gasteiger partial charge in [0.05, 0.1) is 6.42 Å². The van der Waals surface area contributed by atoms with Crippen LogP contribution in [0, 0.1) is 18.3 Å². The van der Waals surface area contributed by atoms with Crippen molar-refractivity contribution in [2.45, 2.75) is 25.3 Å². The average molecular weight is 192 g/mol. The first kappa shape index (κ1) is 9.54. The number of rotatable bonds is 1. The molecule has 2 heterocycles. The molecule has 0 aromatic heterocycles. The van der Waals surface area contributed by atoms with Crippen molar-refractivity contribution in [1.82, 2.24) is 10.2 Å². The van der Waals surface area contributed by atoms with Crippen LogP contribution in [0.3, 0.4) is 0 Å². The molecule has 2 fully saturated rings.